The van der Waals surface area contributed by atoms with E-state index in [-0.39, 0.29) is 11.5 Å². The molecule has 2 heteroatoms. The summed E-state index contributed by atoms with van der Waals surface area (Å²) in [6.07, 6.45) is 0.600. The molecule has 0 amide bonds. The average molecular weight is 130 g/mol. The van der Waals surface area contributed by atoms with E-state index in [1.807, 2.05) is 0 Å². The molecule has 1 aliphatic rings. The Morgan fingerprint density at radius 2 is 1.89 bits per heavy atom. The van der Waals surface area contributed by atoms with Gasteiger partial charge in [-0.15, -0.1) is 0 Å². The minimum absolute atomic E-state index is 0.116. The highest BCUT2D eigenvalue weighted by molar-refractivity contribution is 4.80. The third-order valence-corrected chi connectivity index (χ3v) is 1.37. The van der Waals surface area contributed by atoms with Gasteiger partial charge in [0, 0.05) is 0 Å². The van der Waals surface area contributed by atoms with E-state index in [1.165, 1.54) is 0 Å². The lowest BCUT2D eigenvalue weighted by Crippen LogP contribution is -2.09. The lowest BCUT2D eigenvalue weighted by atomic mass is 9.91. The summed E-state index contributed by atoms with van der Waals surface area (Å²) in [5, 5.41) is 8.77. The summed E-state index contributed by atoms with van der Waals surface area (Å²) in [5.74, 6) is 0. The number of epoxide rings is 1. The Morgan fingerprint density at radius 1 is 1.44 bits per heavy atom. The molecule has 1 heterocycles. The van der Waals surface area contributed by atoms with Crippen LogP contribution in [-0.4, -0.2) is 17.5 Å². The maximum absolute atomic E-state index is 8.77. The van der Waals surface area contributed by atoms with Crippen molar-refractivity contribution in [3.63, 3.8) is 0 Å². The van der Waals surface area contributed by atoms with Crippen LogP contribution in [0.4, 0.5) is 0 Å². The Bertz CT molecular complexity index is 104. The van der Waals surface area contributed by atoms with Crippen molar-refractivity contribution >= 4 is 0 Å². The van der Waals surface area contributed by atoms with Crippen LogP contribution in [0.25, 0.3) is 0 Å². The standard InChI is InChI=1S/C7H14O2/c1-7(2,3)4-5-6(8)9-5/h5-6,8H,4H2,1-3H3. The molecule has 2 unspecified atom stereocenters. The molecule has 1 aliphatic heterocycles. The summed E-state index contributed by atoms with van der Waals surface area (Å²) in [6.45, 7) is 6.42. The highest BCUT2D eigenvalue weighted by Gasteiger charge is 2.39. The van der Waals surface area contributed by atoms with Gasteiger partial charge in [0.15, 0.2) is 6.29 Å². The summed E-state index contributed by atoms with van der Waals surface area (Å²) < 4.78 is 4.85. The quantitative estimate of drug-likeness (QED) is 0.540. The van der Waals surface area contributed by atoms with Crippen molar-refractivity contribution in [1.29, 1.82) is 0 Å². The van der Waals surface area contributed by atoms with E-state index in [2.05, 4.69) is 20.8 Å². The second kappa shape index (κ2) is 1.96. The van der Waals surface area contributed by atoms with Crippen LogP contribution in [0.2, 0.25) is 0 Å². The molecular weight excluding hydrogens is 116 g/mol. The Kier molecular flexibility index (Phi) is 1.53. The van der Waals surface area contributed by atoms with E-state index in [4.69, 9.17) is 9.84 Å². The van der Waals surface area contributed by atoms with Gasteiger partial charge in [0.05, 0.1) is 0 Å². The predicted octanol–water partition coefficient (Wildman–Crippen LogP) is 1.14. The molecular formula is C7H14O2. The van der Waals surface area contributed by atoms with Gasteiger partial charge in [-0.1, -0.05) is 20.8 Å². The molecule has 0 aromatic carbocycles. The van der Waals surface area contributed by atoms with Crippen molar-refractivity contribution in [3.8, 4) is 0 Å². The molecule has 2 atom stereocenters. The summed E-state index contributed by atoms with van der Waals surface area (Å²) in [5.41, 5.74) is 0.280. The van der Waals surface area contributed by atoms with Crippen LogP contribution in [0.1, 0.15) is 27.2 Å². The van der Waals surface area contributed by atoms with Crippen LogP contribution in [0, 0.1) is 5.41 Å². The van der Waals surface area contributed by atoms with Gasteiger partial charge in [0.25, 0.3) is 0 Å². The van der Waals surface area contributed by atoms with Crippen molar-refractivity contribution in [2.75, 3.05) is 0 Å². The molecule has 0 spiro atoms. The lowest BCUT2D eigenvalue weighted by molar-refractivity contribution is 0.155. The number of aliphatic hydroxyl groups is 1. The molecule has 1 fully saturated rings. The highest BCUT2D eigenvalue weighted by atomic mass is 16.7. The van der Waals surface area contributed by atoms with Crippen molar-refractivity contribution in [2.45, 2.75) is 39.6 Å². The largest absolute Gasteiger partial charge is 0.366 e. The molecule has 0 bridgehead atoms. The van der Waals surface area contributed by atoms with Crippen molar-refractivity contribution < 1.29 is 9.84 Å². The molecule has 1 rings (SSSR count). The zero-order chi connectivity index (χ0) is 7.07. The number of rotatable bonds is 1. The number of ether oxygens (including phenoxy) is 1. The maximum atomic E-state index is 8.77. The van der Waals surface area contributed by atoms with Gasteiger partial charge in [-0.3, -0.25) is 0 Å². The van der Waals surface area contributed by atoms with Crippen molar-refractivity contribution in [2.24, 2.45) is 5.41 Å². The molecule has 0 aliphatic carbocycles. The van der Waals surface area contributed by atoms with E-state index in [0.29, 0.717) is 0 Å². The Labute approximate surface area is 55.8 Å². The SMILES string of the molecule is CC(C)(C)CC1OC1O. The normalized spacial score (nSPS) is 34.7. The third-order valence-electron chi connectivity index (χ3n) is 1.37. The third kappa shape index (κ3) is 2.33. The van der Waals surface area contributed by atoms with Gasteiger partial charge in [0.2, 0.25) is 0 Å². The molecule has 0 radical (unpaired) electrons. The Hall–Kier alpha value is -0.0800. The van der Waals surface area contributed by atoms with Gasteiger partial charge < -0.3 is 9.84 Å². The van der Waals surface area contributed by atoms with Crippen LogP contribution < -0.4 is 0 Å². The average Bonchev–Trinajstić information content (AvgIpc) is 2.13. The van der Waals surface area contributed by atoms with Crippen molar-refractivity contribution in [3.05, 3.63) is 0 Å². The molecule has 1 saturated heterocycles. The molecule has 54 valence electrons. The minimum Gasteiger partial charge on any atom is -0.366 e. The molecule has 0 saturated carbocycles. The topological polar surface area (TPSA) is 32.8 Å². The first-order valence-corrected chi connectivity index (χ1v) is 3.32. The fourth-order valence-electron chi connectivity index (χ4n) is 0.886. The van der Waals surface area contributed by atoms with E-state index in [9.17, 15) is 0 Å². The number of aliphatic hydroxyl groups excluding tert-OH is 1. The number of hydrogen-bond acceptors (Lipinski definition) is 2. The predicted molar refractivity (Wildman–Crippen MR) is 35.0 cm³/mol. The highest BCUT2D eigenvalue weighted by Crippen LogP contribution is 2.32. The van der Waals surface area contributed by atoms with E-state index >= 15 is 0 Å². The zero-order valence-corrected chi connectivity index (χ0v) is 6.22. The molecule has 2 nitrogen and oxygen atoms in total. The first kappa shape index (κ1) is 7.03. The number of hydrogen-bond donors (Lipinski definition) is 1. The zero-order valence-electron chi connectivity index (χ0n) is 6.22. The van der Waals surface area contributed by atoms with Crippen LogP contribution >= 0.6 is 0 Å². The first-order chi connectivity index (χ1) is 3.99. The van der Waals surface area contributed by atoms with Crippen LogP contribution in [-0.2, 0) is 4.74 Å². The van der Waals surface area contributed by atoms with Gasteiger partial charge in [0.1, 0.15) is 6.10 Å². The molecule has 0 aromatic rings. The van der Waals surface area contributed by atoms with E-state index in [0.717, 1.165) is 6.42 Å². The second-order valence-corrected chi connectivity index (χ2v) is 3.83. The van der Waals surface area contributed by atoms with Crippen LogP contribution in [0.5, 0.6) is 0 Å². The molecule has 0 aromatic heterocycles. The first-order valence-electron chi connectivity index (χ1n) is 3.32. The molecule has 1 N–H and O–H groups in total. The fourth-order valence-corrected chi connectivity index (χ4v) is 0.886. The summed E-state index contributed by atoms with van der Waals surface area (Å²) in [6, 6.07) is 0. The van der Waals surface area contributed by atoms with Gasteiger partial charge >= 0.3 is 0 Å². The van der Waals surface area contributed by atoms with Crippen LogP contribution in [0.15, 0.2) is 0 Å². The van der Waals surface area contributed by atoms with Crippen LogP contribution in [0.3, 0.4) is 0 Å². The minimum atomic E-state index is -0.468. The summed E-state index contributed by atoms with van der Waals surface area (Å²) in [7, 11) is 0. The van der Waals surface area contributed by atoms with Gasteiger partial charge in [-0.05, 0) is 11.8 Å². The van der Waals surface area contributed by atoms with Gasteiger partial charge in [-0.2, -0.15) is 0 Å². The second-order valence-electron chi connectivity index (χ2n) is 3.83. The van der Waals surface area contributed by atoms with Crippen molar-refractivity contribution in [1.82, 2.24) is 0 Å². The Balaban J connectivity index is 2.19. The van der Waals surface area contributed by atoms with Gasteiger partial charge in [-0.25, -0.2) is 0 Å². The monoisotopic (exact) mass is 130 g/mol. The summed E-state index contributed by atoms with van der Waals surface area (Å²) >= 11 is 0. The maximum Gasteiger partial charge on any atom is 0.181 e. The van der Waals surface area contributed by atoms with E-state index in [1.54, 1.807) is 0 Å². The lowest BCUT2D eigenvalue weighted by Gasteiger charge is -2.15. The molecule has 9 heavy (non-hydrogen) atoms. The van der Waals surface area contributed by atoms with E-state index < -0.39 is 6.29 Å². The smallest absolute Gasteiger partial charge is 0.181 e. The Morgan fingerprint density at radius 3 is 2.00 bits per heavy atom. The summed E-state index contributed by atoms with van der Waals surface area (Å²) in [4.78, 5) is 0. The fraction of sp³-hybridized carbons (Fsp3) is 1.00.